The third-order valence-corrected chi connectivity index (χ3v) is 2.69. The third-order valence-electron chi connectivity index (χ3n) is 2.69. The molecule has 1 aliphatic heterocycles. The highest BCUT2D eigenvalue weighted by Crippen LogP contribution is 2.30. The van der Waals surface area contributed by atoms with Crippen LogP contribution in [0.2, 0.25) is 0 Å². The van der Waals surface area contributed by atoms with Crippen LogP contribution in [0, 0.1) is 10.1 Å². The van der Waals surface area contributed by atoms with Crippen LogP contribution in [0.5, 0.6) is 5.75 Å². The number of nitro benzene ring substituents is 1. The van der Waals surface area contributed by atoms with E-state index in [1.807, 2.05) is 0 Å². The summed E-state index contributed by atoms with van der Waals surface area (Å²) in [4.78, 5) is 10.5. The molecule has 6 heteroatoms. The van der Waals surface area contributed by atoms with E-state index in [0.717, 1.165) is 6.42 Å². The van der Waals surface area contributed by atoms with Crippen molar-refractivity contribution >= 4 is 11.4 Å². The van der Waals surface area contributed by atoms with Crippen LogP contribution in [-0.2, 0) is 4.74 Å². The molecule has 0 bridgehead atoms. The molecule has 1 saturated heterocycles. The van der Waals surface area contributed by atoms with Crippen molar-refractivity contribution in [1.29, 1.82) is 0 Å². The van der Waals surface area contributed by atoms with Crippen molar-refractivity contribution in [3.63, 3.8) is 0 Å². The van der Waals surface area contributed by atoms with Gasteiger partial charge in [0.05, 0.1) is 24.7 Å². The summed E-state index contributed by atoms with van der Waals surface area (Å²) < 4.78 is 10.3. The minimum absolute atomic E-state index is 0.0534. The maximum atomic E-state index is 10.9. The van der Waals surface area contributed by atoms with Crippen LogP contribution in [0.1, 0.15) is 6.42 Å². The summed E-state index contributed by atoms with van der Waals surface area (Å²) in [6.45, 7) is 1.27. The van der Waals surface area contributed by atoms with E-state index in [-0.39, 0.29) is 11.7 Å². The Morgan fingerprint density at radius 2 is 2.41 bits per heavy atom. The highest BCUT2D eigenvalue weighted by Gasteiger charge is 2.20. The predicted octanol–water partition coefficient (Wildman–Crippen LogP) is 1.80. The van der Waals surface area contributed by atoms with E-state index in [2.05, 4.69) is 5.32 Å². The quantitative estimate of drug-likeness (QED) is 0.639. The van der Waals surface area contributed by atoms with Crippen LogP contribution in [0.3, 0.4) is 0 Å². The molecule has 0 amide bonds. The molecular weight excluding hydrogens is 224 g/mol. The number of benzene rings is 1. The van der Waals surface area contributed by atoms with Gasteiger partial charge < -0.3 is 14.8 Å². The zero-order valence-corrected chi connectivity index (χ0v) is 9.51. The van der Waals surface area contributed by atoms with Crippen molar-refractivity contribution in [3.8, 4) is 5.75 Å². The van der Waals surface area contributed by atoms with Crippen molar-refractivity contribution in [2.45, 2.75) is 12.5 Å². The summed E-state index contributed by atoms with van der Waals surface area (Å²) in [6.07, 6.45) is 0.856. The largest absolute Gasteiger partial charge is 0.497 e. The predicted molar refractivity (Wildman–Crippen MR) is 62.5 cm³/mol. The zero-order chi connectivity index (χ0) is 12.3. The first-order valence-electron chi connectivity index (χ1n) is 5.37. The molecule has 0 aliphatic carbocycles. The molecule has 1 atom stereocenters. The van der Waals surface area contributed by atoms with Crippen molar-refractivity contribution in [2.24, 2.45) is 0 Å². The van der Waals surface area contributed by atoms with Crippen molar-refractivity contribution in [2.75, 3.05) is 25.6 Å². The second-order valence-corrected chi connectivity index (χ2v) is 3.85. The fourth-order valence-electron chi connectivity index (χ4n) is 1.79. The van der Waals surface area contributed by atoms with Crippen LogP contribution in [0.25, 0.3) is 0 Å². The molecule has 6 nitrogen and oxygen atoms in total. The molecule has 17 heavy (non-hydrogen) atoms. The molecule has 0 saturated carbocycles. The minimum Gasteiger partial charge on any atom is -0.497 e. The van der Waals surface area contributed by atoms with Crippen LogP contribution in [0.4, 0.5) is 11.4 Å². The molecule has 0 spiro atoms. The number of hydrogen-bond donors (Lipinski definition) is 1. The number of nitrogens with zero attached hydrogens (tertiary/aromatic N) is 1. The lowest BCUT2D eigenvalue weighted by molar-refractivity contribution is -0.384. The van der Waals surface area contributed by atoms with Crippen molar-refractivity contribution < 1.29 is 14.4 Å². The number of anilines is 1. The van der Waals surface area contributed by atoms with E-state index < -0.39 is 4.92 Å². The van der Waals surface area contributed by atoms with Gasteiger partial charge in [0.1, 0.15) is 11.4 Å². The summed E-state index contributed by atoms with van der Waals surface area (Å²) in [5.74, 6) is 0.594. The Balaban J connectivity index is 2.24. The van der Waals surface area contributed by atoms with Crippen LogP contribution in [-0.4, -0.2) is 31.3 Å². The Kier molecular flexibility index (Phi) is 3.43. The molecule has 1 aromatic carbocycles. The second kappa shape index (κ2) is 5.01. The SMILES string of the molecule is COc1ccc([N+](=O)[O-])c(NC2CCOC2)c1. The number of methoxy groups -OCH3 is 1. The fourth-order valence-corrected chi connectivity index (χ4v) is 1.79. The molecule has 1 aromatic rings. The van der Waals surface area contributed by atoms with Crippen LogP contribution in [0.15, 0.2) is 18.2 Å². The number of nitro groups is 1. The summed E-state index contributed by atoms with van der Waals surface area (Å²) in [7, 11) is 1.53. The monoisotopic (exact) mass is 238 g/mol. The van der Waals surface area contributed by atoms with Gasteiger partial charge in [-0.1, -0.05) is 0 Å². The van der Waals surface area contributed by atoms with Gasteiger partial charge in [0.15, 0.2) is 0 Å². The number of ether oxygens (including phenoxy) is 2. The Labute approximate surface area is 98.7 Å². The Morgan fingerprint density at radius 3 is 3.00 bits per heavy atom. The molecule has 92 valence electrons. The first-order valence-corrected chi connectivity index (χ1v) is 5.37. The van der Waals surface area contributed by atoms with Gasteiger partial charge in [-0.2, -0.15) is 0 Å². The molecule has 0 aromatic heterocycles. The van der Waals surface area contributed by atoms with Crippen molar-refractivity contribution in [3.05, 3.63) is 28.3 Å². The van der Waals surface area contributed by atoms with E-state index in [4.69, 9.17) is 9.47 Å². The van der Waals surface area contributed by atoms with Crippen molar-refractivity contribution in [1.82, 2.24) is 0 Å². The van der Waals surface area contributed by atoms with Gasteiger partial charge >= 0.3 is 0 Å². The number of hydrogen-bond acceptors (Lipinski definition) is 5. The summed E-state index contributed by atoms with van der Waals surface area (Å²) in [5, 5.41) is 14.0. The van der Waals surface area contributed by atoms with E-state index >= 15 is 0 Å². The first kappa shape index (κ1) is 11.7. The molecule has 1 aliphatic rings. The molecule has 1 fully saturated rings. The first-order chi connectivity index (χ1) is 8.20. The van der Waals surface area contributed by atoms with Gasteiger partial charge in [-0.05, 0) is 12.5 Å². The Hall–Kier alpha value is -1.82. The normalized spacial score (nSPS) is 19.0. The Bertz CT molecular complexity index is 416. The molecule has 0 radical (unpaired) electrons. The van der Waals surface area contributed by atoms with Gasteiger partial charge in [-0.15, -0.1) is 0 Å². The van der Waals surface area contributed by atoms with Gasteiger partial charge in [0.25, 0.3) is 5.69 Å². The standard InChI is InChI=1S/C11H14N2O4/c1-16-9-2-3-11(13(14)15)10(6-9)12-8-4-5-17-7-8/h2-3,6,8,12H,4-5,7H2,1H3. The van der Waals surface area contributed by atoms with Crippen LogP contribution < -0.4 is 10.1 Å². The zero-order valence-electron chi connectivity index (χ0n) is 9.51. The summed E-state index contributed by atoms with van der Waals surface area (Å²) in [6, 6.07) is 4.78. The number of nitrogens with one attached hydrogen (secondary N) is 1. The third kappa shape index (κ3) is 2.65. The Morgan fingerprint density at radius 1 is 1.59 bits per heavy atom. The average molecular weight is 238 g/mol. The van der Waals surface area contributed by atoms with E-state index in [1.165, 1.54) is 13.2 Å². The molecule has 2 rings (SSSR count). The van der Waals surface area contributed by atoms with Crippen LogP contribution >= 0.6 is 0 Å². The number of rotatable bonds is 4. The lowest BCUT2D eigenvalue weighted by atomic mass is 10.2. The topological polar surface area (TPSA) is 73.6 Å². The highest BCUT2D eigenvalue weighted by atomic mass is 16.6. The van der Waals surface area contributed by atoms with Gasteiger partial charge in [0, 0.05) is 18.7 Å². The lowest BCUT2D eigenvalue weighted by Crippen LogP contribution is -2.19. The molecule has 1 heterocycles. The minimum atomic E-state index is -0.405. The molecule has 1 N–H and O–H groups in total. The highest BCUT2D eigenvalue weighted by molar-refractivity contribution is 5.64. The second-order valence-electron chi connectivity index (χ2n) is 3.85. The summed E-state index contributed by atoms with van der Waals surface area (Å²) >= 11 is 0. The van der Waals surface area contributed by atoms with Gasteiger partial charge in [0.2, 0.25) is 0 Å². The van der Waals surface area contributed by atoms with Gasteiger partial charge in [-0.25, -0.2) is 0 Å². The maximum Gasteiger partial charge on any atom is 0.292 e. The van der Waals surface area contributed by atoms with E-state index in [1.54, 1.807) is 12.1 Å². The fraction of sp³-hybridized carbons (Fsp3) is 0.455. The van der Waals surface area contributed by atoms with E-state index in [9.17, 15) is 10.1 Å². The lowest BCUT2D eigenvalue weighted by Gasteiger charge is -2.13. The molecular formula is C11H14N2O4. The van der Waals surface area contributed by atoms with Gasteiger partial charge in [-0.3, -0.25) is 10.1 Å². The van der Waals surface area contributed by atoms with E-state index in [0.29, 0.717) is 24.7 Å². The smallest absolute Gasteiger partial charge is 0.292 e. The maximum absolute atomic E-state index is 10.9. The molecule has 1 unspecified atom stereocenters. The summed E-state index contributed by atoms with van der Waals surface area (Å²) in [5.41, 5.74) is 0.530. The average Bonchev–Trinajstić information content (AvgIpc) is 2.81.